The minimum atomic E-state index is -4.46. The highest BCUT2D eigenvalue weighted by molar-refractivity contribution is 5.66. The van der Waals surface area contributed by atoms with Crippen molar-refractivity contribution in [3.63, 3.8) is 0 Å². The van der Waals surface area contributed by atoms with Crippen molar-refractivity contribution in [3.8, 4) is 0 Å². The van der Waals surface area contributed by atoms with Crippen LogP contribution in [-0.4, -0.2) is 30.1 Å². The largest absolute Gasteiger partial charge is 0.462 e. The summed E-state index contributed by atoms with van der Waals surface area (Å²) in [5.74, 6) is 0.00453. The van der Waals surface area contributed by atoms with Gasteiger partial charge in [0.25, 0.3) is 0 Å². The fraction of sp³-hybridized carbons (Fsp3) is 0.538. The molecule has 0 unspecified atom stereocenters. The summed E-state index contributed by atoms with van der Waals surface area (Å²) in [7, 11) is 0. The van der Waals surface area contributed by atoms with E-state index in [-0.39, 0.29) is 17.8 Å². The summed E-state index contributed by atoms with van der Waals surface area (Å²) in [4.78, 5) is 16.5. The first-order chi connectivity index (χ1) is 9.77. The highest BCUT2D eigenvalue weighted by Crippen LogP contribution is 2.33. The lowest BCUT2D eigenvalue weighted by Gasteiger charge is -2.33. The molecular weight excluding hydrogens is 287 g/mol. The van der Waals surface area contributed by atoms with Crippen LogP contribution in [0.4, 0.5) is 24.7 Å². The zero-order chi connectivity index (χ0) is 15.6. The number of piperidine rings is 1. The molecule has 1 aromatic rings. The number of aromatic nitrogens is 1. The number of carbonyl (C=O) groups excluding carboxylic acids is 1. The lowest BCUT2D eigenvalue weighted by Crippen LogP contribution is -2.38. The fourth-order valence-electron chi connectivity index (χ4n) is 2.31. The van der Waals surface area contributed by atoms with Crippen LogP contribution in [0.25, 0.3) is 0 Å². The monoisotopic (exact) mass is 303 g/mol. The van der Waals surface area contributed by atoms with E-state index in [1.54, 1.807) is 4.90 Å². The quantitative estimate of drug-likeness (QED) is 0.848. The maximum absolute atomic E-state index is 12.6. The van der Waals surface area contributed by atoms with Crippen LogP contribution < -0.4 is 10.6 Å². The van der Waals surface area contributed by atoms with Gasteiger partial charge in [0.05, 0.1) is 11.3 Å². The van der Waals surface area contributed by atoms with E-state index in [2.05, 4.69) is 4.98 Å². The number of ether oxygens (including phenoxy) is 1. The van der Waals surface area contributed by atoms with Gasteiger partial charge >= 0.3 is 12.1 Å². The highest BCUT2D eigenvalue weighted by atomic mass is 19.4. The molecule has 0 atom stereocenters. The topological polar surface area (TPSA) is 68.5 Å². The summed E-state index contributed by atoms with van der Waals surface area (Å²) in [6, 6.07) is 0.889. The Kier molecular flexibility index (Phi) is 4.24. The number of carbonyl (C=O) groups is 1. The minimum absolute atomic E-state index is 0.00392. The Morgan fingerprint density at radius 3 is 2.52 bits per heavy atom. The molecule has 1 aromatic heterocycles. The summed E-state index contributed by atoms with van der Waals surface area (Å²) in [5.41, 5.74) is 4.81. The van der Waals surface area contributed by atoms with E-state index < -0.39 is 11.7 Å². The number of hydrogen-bond acceptors (Lipinski definition) is 5. The molecule has 1 fully saturated rings. The van der Waals surface area contributed by atoms with Crippen LogP contribution in [0.2, 0.25) is 0 Å². The normalized spacial score (nSPS) is 16.9. The Bertz CT molecular complexity index is 526. The standard InChI is InChI=1S/C13H16F3N3O2/c1-8(20)21-10-2-4-19(5-3-10)12-11(17)6-9(7-18-12)13(14,15)16/h6-7,10H,2-5,17H2,1H3. The van der Waals surface area contributed by atoms with Gasteiger partial charge in [-0.2, -0.15) is 13.2 Å². The summed E-state index contributed by atoms with van der Waals surface area (Å²) in [6.07, 6.45) is -2.63. The lowest BCUT2D eigenvalue weighted by molar-refractivity contribution is -0.147. The number of nitrogens with two attached hydrogens (primary N) is 1. The molecule has 1 aliphatic rings. The molecule has 0 aromatic carbocycles. The first kappa shape index (κ1) is 15.4. The molecule has 8 heteroatoms. The van der Waals surface area contributed by atoms with Gasteiger partial charge in [-0.1, -0.05) is 0 Å². The summed E-state index contributed by atoms with van der Waals surface area (Å²) >= 11 is 0. The molecule has 2 heterocycles. The number of alkyl halides is 3. The number of halogens is 3. The second-order valence-electron chi connectivity index (χ2n) is 4.93. The molecule has 0 saturated carbocycles. The van der Waals surface area contributed by atoms with E-state index in [9.17, 15) is 18.0 Å². The summed E-state index contributed by atoms with van der Waals surface area (Å²) in [5, 5.41) is 0. The Balaban J connectivity index is 2.05. The highest BCUT2D eigenvalue weighted by Gasteiger charge is 2.32. The average molecular weight is 303 g/mol. The Morgan fingerprint density at radius 2 is 2.05 bits per heavy atom. The zero-order valence-electron chi connectivity index (χ0n) is 11.5. The molecule has 0 amide bonds. The van der Waals surface area contributed by atoms with E-state index in [0.717, 1.165) is 12.3 Å². The number of hydrogen-bond donors (Lipinski definition) is 1. The molecule has 1 aliphatic heterocycles. The van der Waals surface area contributed by atoms with E-state index in [1.165, 1.54) is 6.92 Å². The van der Waals surface area contributed by atoms with Gasteiger partial charge in [-0.3, -0.25) is 4.79 Å². The van der Waals surface area contributed by atoms with Gasteiger partial charge in [-0.05, 0) is 6.07 Å². The van der Waals surface area contributed by atoms with Gasteiger partial charge < -0.3 is 15.4 Å². The van der Waals surface area contributed by atoms with Crippen LogP contribution in [0.5, 0.6) is 0 Å². The predicted molar refractivity (Wildman–Crippen MR) is 70.7 cm³/mol. The molecule has 116 valence electrons. The van der Waals surface area contributed by atoms with Crippen molar-refractivity contribution in [2.75, 3.05) is 23.7 Å². The third-order valence-electron chi connectivity index (χ3n) is 3.30. The van der Waals surface area contributed by atoms with Crippen molar-refractivity contribution in [1.29, 1.82) is 0 Å². The lowest BCUT2D eigenvalue weighted by atomic mass is 10.1. The molecule has 2 N–H and O–H groups in total. The molecule has 0 aliphatic carbocycles. The molecule has 1 saturated heterocycles. The number of rotatable bonds is 2. The van der Waals surface area contributed by atoms with Gasteiger partial charge in [0.1, 0.15) is 6.10 Å². The van der Waals surface area contributed by atoms with Crippen molar-refractivity contribution in [2.45, 2.75) is 32.0 Å². The smallest absolute Gasteiger partial charge is 0.417 e. The van der Waals surface area contributed by atoms with E-state index in [1.807, 2.05) is 0 Å². The molecule has 2 rings (SSSR count). The van der Waals surface area contributed by atoms with Crippen LogP contribution in [0.3, 0.4) is 0 Å². The third-order valence-corrected chi connectivity index (χ3v) is 3.30. The number of nitrogen functional groups attached to an aromatic ring is 1. The summed E-state index contributed by atoms with van der Waals surface area (Å²) in [6.45, 7) is 2.41. The number of pyridine rings is 1. The maximum Gasteiger partial charge on any atom is 0.417 e. The molecule has 0 spiro atoms. The second kappa shape index (κ2) is 5.79. The van der Waals surface area contributed by atoms with Crippen LogP contribution >= 0.6 is 0 Å². The first-order valence-electron chi connectivity index (χ1n) is 6.52. The Labute approximate surface area is 119 Å². The van der Waals surface area contributed by atoms with Crippen LogP contribution in [0, 0.1) is 0 Å². The van der Waals surface area contributed by atoms with Crippen LogP contribution in [0.15, 0.2) is 12.3 Å². The zero-order valence-corrected chi connectivity index (χ0v) is 11.5. The molecule has 21 heavy (non-hydrogen) atoms. The Hall–Kier alpha value is -1.99. The van der Waals surface area contributed by atoms with Gasteiger partial charge in [0.2, 0.25) is 0 Å². The Morgan fingerprint density at radius 1 is 1.43 bits per heavy atom. The van der Waals surface area contributed by atoms with Crippen molar-refractivity contribution < 1.29 is 22.7 Å². The molecular formula is C13H16F3N3O2. The second-order valence-corrected chi connectivity index (χ2v) is 4.93. The number of esters is 1. The maximum atomic E-state index is 12.6. The SMILES string of the molecule is CC(=O)OC1CCN(c2ncc(C(F)(F)F)cc2N)CC1. The fourth-order valence-corrected chi connectivity index (χ4v) is 2.31. The predicted octanol–water partition coefficient (Wildman–Crippen LogP) is 2.21. The summed E-state index contributed by atoms with van der Waals surface area (Å²) < 4.78 is 42.8. The van der Waals surface area contributed by atoms with Crippen LogP contribution in [-0.2, 0) is 15.7 Å². The van der Waals surface area contributed by atoms with Crippen molar-refractivity contribution in [3.05, 3.63) is 17.8 Å². The van der Waals surface area contributed by atoms with Gasteiger partial charge in [-0.15, -0.1) is 0 Å². The van der Waals surface area contributed by atoms with Crippen molar-refractivity contribution in [1.82, 2.24) is 4.98 Å². The van der Waals surface area contributed by atoms with Crippen molar-refractivity contribution >= 4 is 17.5 Å². The third kappa shape index (κ3) is 3.77. The van der Waals surface area contributed by atoms with E-state index in [4.69, 9.17) is 10.5 Å². The first-order valence-corrected chi connectivity index (χ1v) is 6.52. The van der Waals surface area contributed by atoms with Gasteiger partial charge in [0.15, 0.2) is 5.82 Å². The molecule has 0 bridgehead atoms. The average Bonchev–Trinajstić information content (AvgIpc) is 2.38. The van der Waals surface area contributed by atoms with Gasteiger partial charge in [0, 0.05) is 39.1 Å². The number of nitrogens with zero attached hydrogens (tertiary/aromatic N) is 2. The van der Waals surface area contributed by atoms with E-state index >= 15 is 0 Å². The van der Waals surface area contributed by atoms with Crippen LogP contribution in [0.1, 0.15) is 25.3 Å². The molecule has 5 nitrogen and oxygen atoms in total. The van der Waals surface area contributed by atoms with Crippen molar-refractivity contribution in [2.24, 2.45) is 0 Å². The van der Waals surface area contributed by atoms with Gasteiger partial charge in [-0.25, -0.2) is 4.98 Å². The van der Waals surface area contributed by atoms with E-state index in [0.29, 0.717) is 31.7 Å². The minimum Gasteiger partial charge on any atom is -0.462 e. The number of anilines is 2. The molecule has 0 radical (unpaired) electrons.